The summed E-state index contributed by atoms with van der Waals surface area (Å²) in [5.41, 5.74) is 2.80. The summed E-state index contributed by atoms with van der Waals surface area (Å²) in [6, 6.07) is 6.44. The van der Waals surface area contributed by atoms with Crippen LogP contribution in [-0.4, -0.2) is 0 Å². The molecule has 0 saturated heterocycles. The topological polar surface area (TPSA) is 0 Å². The lowest BCUT2D eigenvalue weighted by Crippen LogP contribution is -2.15. The average molecular weight is 225 g/mol. The normalized spacial score (nSPS) is 13.0. The molecule has 0 bridgehead atoms. The van der Waals surface area contributed by atoms with Crippen molar-refractivity contribution in [2.75, 3.05) is 0 Å². The third kappa shape index (κ3) is 2.98. The number of hydrogen-bond acceptors (Lipinski definition) is 0. The zero-order chi connectivity index (χ0) is 11.9. The minimum absolute atomic E-state index is 0.119. The molecule has 0 nitrogen and oxygen atoms in total. The predicted molar refractivity (Wildman–Crippen MR) is 68.9 cm³/mol. The van der Waals surface area contributed by atoms with Crippen LogP contribution in [0.25, 0.3) is 0 Å². The smallest absolute Gasteiger partial charge is 0.0446 e. The first-order valence-corrected chi connectivity index (χ1v) is 5.80. The van der Waals surface area contributed by atoms with Gasteiger partial charge in [0.05, 0.1) is 0 Å². The van der Waals surface area contributed by atoms with E-state index in [1.54, 1.807) is 0 Å². The standard InChI is InChI=1S/C14H21Cl/c1-13(2,3)10-7-8-11(12(15)9-10)14(4,5)6/h7-9H,1-6H3. The highest BCUT2D eigenvalue weighted by Gasteiger charge is 2.20. The minimum atomic E-state index is 0.119. The molecule has 0 unspecified atom stereocenters. The van der Waals surface area contributed by atoms with Crippen molar-refractivity contribution in [1.29, 1.82) is 0 Å². The Morgan fingerprint density at radius 2 is 1.40 bits per heavy atom. The summed E-state index contributed by atoms with van der Waals surface area (Å²) in [6.45, 7) is 13.2. The molecule has 0 heterocycles. The van der Waals surface area contributed by atoms with Crippen molar-refractivity contribution in [2.24, 2.45) is 0 Å². The van der Waals surface area contributed by atoms with E-state index in [-0.39, 0.29) is 10.8 Å². The van der Waals surface area contributed by atoms with Crippen LogP contribution in [0, 0.1) is 0 Å². The third-order valence-corrected chi connectivity index (χ3v) is 2.96. The van der Waals surface area contributed by atoms with E-state index in [1.807, 2.05) is 0 Å². The maximum absolute atomic E-state index is 6.32. The van der Waals surface area contributed by atoms with Gasteiger partial charge in [-0.1, -0.05) is 65.3 Å². The van der Waals surface area contributed by atoms with Gasteiger partial charge in [-0.05, 0) is 28.0 Å². The highest BCUT2D eigenvalue weighted by molar-refractivity contribution is 6.31. The molecule has 0 spiro atoms. The molecular weight excluding hydrogens is 204 g/mol. The summed E-state index contributed by atoms with van der Waals surface area (Å²) in [5.74, 6) is 0. The molecule has 0 aliphatic carbocycles. The van der Waals surface area contributed by atoms with E-state index in [1.165, 1.54) is 11.1 Å². The summed E-state index contributed by atoms with van der Waals surface area (Å²) >= 11 is 6.32. The number of hydrogen-bond donors (Lipinski definition) is 0. The molecule has 0 fully saturated rings. The van der Waals surface area contributed by atoms with Crippen LogP contribution >= 0.6 is 11.6 Å². The fourth-order valence-electron chi connectivity index (χ4n) is 1.59. The molecule has 1 rings (SSSR count). The van der Waals surface area contributed by atoms with Gasteiger partial charge in [-0.25, -0.2) is 0 Å². The molecule has 0 aliphatic heterocycles. The van der Waals surface area contributed by atoms with Crippen LogP contribution in [0.4, 0.5) is 0 Å². The monoisotopic (exact) mass is 224 g/mol. The predicted octanol–water partition coefficient (Wildman–Crippen LogP) is 4.94. The Balaban J connectivity index is 3.21. The van der Waals surface area contributed by atoms with Crippen LogP contribution in [0.3, 0.4) is 0 Å². The van der Waals surface area contributed by atoms with Crippen LogP contribution < -0.4 is 0 Å². The molecule has 0 saturated carbocycles. The van der Waals surface area contributed by atoms with E-state index in [4.69, 9.17) is 11.6 Å². The Morgan fingerprint density at radius 1 is 0.867 bits per heavy atom. The maximum atomic E-state index is 6.32. The molecule has 0 radical (unpaired) electrons. The average Bonchev–Trinajstić information content (AvgIpc) is 1.99. The zero-order valence-corrected chi connectivity index (χ0v) is 11.4. The van der Waals surface area contributed by atoms with Crippen LogP contribution in [0.5, 0.6) is 0 Å². The lowest BCUT2D eigenvalue weighted by molar-refractivity contribution is 0.577. The highest BCUT2D eigenvalue weighted by Crippen LogP contribution is 2.33. The first-order valence-electron chi connectivity index (χ1n) is 5.43. The second-order valence-electron chi connectivity index (χ2n) is 6.19. The van der Waals surface area contributed by atoms with Crippen molar-refractivity contribution >= 4 is 11.6 Å². The molecule has 1 aromatic carbocycles. The minimum Gasteiger partial charge on any atom is -0.0840 e. The largest absolute Gasteiger partial charge is 0.0840 e. The molecule has 1 heteroatoms. The molecule has 0 aromatic heterocycles. The number of halogens is 1. The SMILES string of the molecule is CC(C)(C)c1ccc(C(C)(C)C)c(Cl)c1. The first kappa shape index (κ1) is 12.6. The van der Waals surface area contributed by atoms with E-state index in [0.717, 1.165) is 5.02 Å². The third-order valence-electron chi connectivity index (χ3n) is 2.64. The van der Waals surface area contributed by atoms with Gasteiger partial charge in [0.1, 0.15) is 0 Å². The van der Waals surface area contributed by atoms with Gasteiger partial charge in [0.15, 0.2) is 0 Å². The van der Waals surface area contributed by atoms with Crippen molar-refractivity contribution in [3.05, 3.63) is 34.3 Å². The Labute approximate surface area is 98.7 Å². The van der Waals surface area contributed by atoms with Gasteiger partial charge in [0.25, 0.3) is 0 Å². The number of rotatable bonds is 0. The van der Waals surface area contributed by atoms with Gasteiger partial charge in [0, 0.05) is 5.02 Å². The van der Waals surface area contributed by atoms with Crippen molar-refractivity contribution < 1.29 is 0 Å². The molecule has 15 heavy (non-hydrogen) atoms. The van der Waals surface area contributed by atoms with Crippen LogP contribution in [-0.2, 0) is 10.8 Å². The Hall–Kier alpha value is -0.490. The van der Waals surface area contributed by atoms with Crippen LogP contribution in [0.1, 0.15) is 52.7 Å². The Kier molecular flexibility index (Phi) is 3.21. The molecule has 1 aromatic rings. The molecule has 0 N–H and O–H groups in total. The van der Waals surface area contributed by atoms with E-state index in [2.05, 4.69) is 59.7 Å². The lowest BCUT2D eigenvalue weighted by Gasteiger charge is -2.24. The second kappa shape index (κ2) is 3.83. The van der Waals surface area contributed by atoms with Crippen molar-refractivity contribution in [2.45, 2.75) is 52.4 Å². The van der Waals surface area contributed by atoms with Gasteiger partial charge in [-0.3, -0.25) is 0 Å². The van der Waals surface area contributed by atoms with Gasteiger partial charge < -0.3 is 0 Å². The van der Waals surface area contributed by atoms with Crippen molar-refractivity contribution in [1.82, 2.24) is 0 Å². The summed E-state index contributed by atoms with van der Waals surface area (Å²) in [4.78, 5) is 0. The molecular formula is C14H21Cl. The van der Waals surface area contributed by atoms with E-state index >= 15 is 0 Å². The van der Waals surface area contributed by atoms with Crippen molar-refractivity contribution in [3.63, 3.8) is 0 Å². The van der Waals surface area contributed by atoms with Gasteiger partial charge >= 0.3 is 0 Å². The number of benzene rings is 1. The summed E-state index contributed by atoms with van der Waals surface area (Å²) in [7, 11) is 0. The molecule has 0 amide bonds. The summed E-state index contributed by atoms with van der Waals surface area (Å²) < 4.78 is 0. The molecule has 0 aliphatic rings. The summed E-state index contributed by atoms with van der Waals surface area (Å²) in [5, 5.41) is 0.884. The van der Waals surface area contributed by atoms with Gasteiger partial charge in [-0.2, -0.15) is 0 Å². The Morgan fingerprint density at radius 3 is 1.73 bits per heavy atom. The quantitative estimate of drug-likeness (QED) is 0.586. The van der Waals surface area contributed by atoms with E-state index in [0.29, 0.717) is 0 Å². The second-order valence-corrected chi connectivity index (χ2v) is 6.60. The zero-order valence-electron chi connectivity index (χ0n) is 10.6. The summed E-state index contributed by atoms with van der Waals surface area (Å²) in [6.07, 6.45) is 0. The van der Waals surface area contributed by atoms with Gasteiger partial charge in [-0.15, -0.1) is 0 Å². The highest BCUT2D eigenvalue weighted by atomic mass is 35.5. The molecule has 84 valence electrons. The van der Waals surface area contributed by atoms with E-state index < -0.39 is 0 Å². The van der Waals surface area contributed by atoms with Gasteiger partial charge in [0.2, 0.25) is 0 Å². The fraction of sp³-hybridized carbons (Fsp3) is 0.571. The first-order chi connectivity index (χ1) is 6.62. The lowest BCUT2D eigenvalue weighted by atomic mass is 9.82. The van der Waals surface area contributed by atoms with E-state index in [9.17, 15) is 0 Å². The Bertz CT molecular complexity index is 351. The van der Waals surface area contributed by atoms with Crippen LogP contribution in [0.2, 0.25) is 5.02 Å². The fourth-order valence-corrected chi connectivity index (χ4v) is 2.05. The molecule has 0 atom stereocenters. The van der Waals surface area contributed by atoms with Crippen molar-refractivity contribution in [3.8, 4) is 0 Å². The van der Waals surface area contributed by atoms with Crippen LogP contribution in [0.15, 0.2) is 18.2 Å². The maximum Gasteiger partial charge on any atom is 0.0446 e.